The van der Waals surface area contributed by atoms with Gasteiger partial charge in [0.25, 0.3) is 0 Å². The fraction of sp³-hybridized carbons (Fsp3) is 0.400. The molecule has 0 spiro atoms. The second-order valence-corrected chi connectivity index (χ2v) is 5.29. The fourth-order valence-corrected chi connectivity index (χ4v) is 2.35. The highest BCUT2D eigenvalue weighted by Gasteiger charge is 2.23. The monoisotopic (exact) mass is 322 g/mol. The lowest BCUT2D eigenvalue weighted by Gasteiger charge is -2.37. The summed E-state index contributed by atoms with van der Waals surface area (Å²) in [4.78, 5) is 2.33. The molecule has 2 nitrogen and oxygen atoms in total. The van der Waals surface area contributed by atoms with Crippen LogP contribution in [-0.4, -0.2) is 24.0 Å². The molecule has 76 valence electrons. The van der Waals surface area contributed by atoms with Crippen molar-refractivity contribution in [2.24, 2.45) is 5.73 Å². The Morgan fingerprint density at radius 1 is 1.50 bits per heavy atom. The van der Waals surface area contributed by atoms with E-state index in [9.17, 15) is 0 Å². The largest absolute Gasteiger partial charge is 0.325 e. The minimum atomic E-state index is 0.367. The molecule has 0 saturated carbocycles. The molecular weight excluding hydrogens is 310 g/mol. The van der Waals surface area contributed by atoms with E-state index in [1.54, 1.807) is 0 Å². The van der Waals surface area contributed by atoms with Gasteiger partial charge in [0.2, 0.25) is 0 Å². The lowest BCUT2D eigenvalue weighted by molar-refractivity contribution is 0.142. The highest BCUT2D eigenvalue weighted by Crippen LogP contribution is 2.21. The van der Waals surface area contributed by atoms with E-state index in [-0.39, 0.29) is 0 Å². The van der Waals surface area contributed by atoms with Crippen molar-refractivity contribution in [2.75, 3.05) is 13.1 Å². The third-order valence-corrected chi connectivity index (χ3v) is 3.67. The summed E-state index contributed by atoms with van der Waals surface area (Å²) in [7, 11) is 0. The fourth-order valence-electron chi connectivity index (χ4n) is 1.64. The Labute approximate surface area is 103 Å². The zero-order valence-electron chi connectivity index (χ0n) is 7.71. The summed E-state index contributed by atoms with van der Waals surface area (Å²) in [6.45, 7) is 2.97. The summed E-state index contributed by atoms with van der Waals surface area (Å²) in [5.41, 5.74) is 7.02. The first kappa shape index (κ1) is 10.7. The molecule has 1 aromatic carbocycles. The second kappa shape index (κ2) is 4.35. The van der Waals surface area contributed by atoms with Crippen LogP contribution in [0.15, 0.2) is 18.2 Å². The van der Waals surface area contributed by atoms with Gasteiger partial charge < -0.3 is 5.73 Å². The Morgan fingerprint density at radius 2 is 2.21 bits per heavy atom. The van der Waals surface area contributed by atoms with E-state index in [2.05, 4.69) is 33.6 Å². The van der Waals surface area contributed by atoms with Crippen LogP contribution in [0.25, 0.3) is 0 Å². The van der Waals surface area contributed by atoms with E-state index in [0.717, 1.165) is 24.7 Å². The first-order valence-electron chi connectivity index (χ1n) is 4.57. The molecule has 0 aliphatic carbocycles. The Balaban J connectivity index is 2.05. The molecule has 0 amide bonds. The Hall–Kier alpha value is 0.160. The van der Waals surface area contributed by atoms with Crippen molar-refractivity contribution in [3.05, 3.63) is 32.4 Å². The van der Waals surface area contributed by atoms with Crippen LogP contribution < -0.4 is 5.73 Å². The van der Waals surface area contributed by atoms with Crippen molar-refractivity contribution in [3.63, 3.8) is 0 Å². The van der Waals surface area contributed by atoms with Crippen molar-refractivity contribution in [3.8, 4) is 0 Å². The minimum Gasteiger partial charge on any atom is -0.325 e. The van der Waals surface area contributed by atoms with Gasteiger partial charge in [0.15, 0.2) is 0 Å². The summed E-state index contributed by atoms with van der Waals surface area (Å²) >= 11 is 8.28. The molecule has 14 heavy (non-hydrogen) atoms. The van der Waals surface area contributed by atoms with E-state index in [1.807, 2.05) is 12.1 Å². The summed E-state index contributed by atoms with van der Waals surface area (Å²) < 4.78 is 1.27. The van der Waals surface area contributed by atoms with Crippen molar-refractivity contribution < 1.29 is 0 Å². The standard InChI is InChI=1S/C10H12ClIN2/c11-8-1-2-10(12)7(3-8)4-14-5-9(13)6-14/h1-3,9H,4-6,13H2. The van der Waals surface area contributed by atoms with Gasteiger partial charge in [-0.2, -0.15) is 0 Å². The van der Waals surface area contributed by atoms with Crippen LogP contribution in [0.5, 0.6) is 0 Å². The lowest BCUT2D eigenvalue weighted by atomic mass is 10.1. The molecule has 2 N–H and O–H groups in total. The van der Waals surface area contributed by atoms with Crippen molar-refractivity contribution in [2.45, 2.75) is 12.6 Å². The Bertz CT molecular complexity index is 337. The van der Waals surface area contributed by atoms with Crippen LogP contribution >= 0.6 is 34.2 Å². The van der Waals surface area contributed by atoms with Crippen LogP contribution in [0.4, 0.5) is 0 Å². The molecule has 1 aliphatic rings. The van der Waals surface area contributed by atoms with Crippen LogP contribution in [0, 0.1) is 3.57 Å². The number of halogens is 2. The Kier molecular flexibility index (Phi) is 3.31. The number of benzene rings is 1. The third-order valence-electron chi connectivity index (χ3n) is 2.39. The molecule has 1 aliphatic heterocycles. The van der Waals surface area contributed by atoms with Gasteiger partial charge in [0.1, 0.15) is 0 Å². The maximum Gasteiger partial charge on any atom is 0.0409 e. The molecule has 0 radical (unpaired) electrons. The van der Waals surface area contributed by atoms with Crippen LogP contribution in [0.1, 0.15) is 5.56 Å². The molecule has 1 saturated heterocycles. The number of likely N-dealkylation sites (tertiary alicyclic amines) is 1. The van der Waals surface area contributed by atoms with Crippen molar-refractivity contribution in [1.29, 1.82) is 0 Å². The summed E-state index contributed by atoms with van der Waals surface area (Å²) in [5.74, 6) is 0. The predicted octanol–water partition coefficient (Wildman–Crippen LogP) is 2.09. The summed E-state index contributed by atoms with van der Waals surface area (Å²) in [5, 5.41) is 0.810. The number of hydrogen-bond donors (Lipinski definition) is 1. The quantitative estimate of drug-likeness (QED) is 0.845. The molecule has 2 rings (SSSR count). The van der Waals surface area contributed by atoms with Crippen LogP contribution in [-0.2, 0) is 6.54 Å². The van der Waals surface area contributed by atoms with Crippen molar-refractivity contribution >= 4 is 34.2 Å². The third kappa shape index (κ3) is 2.39. The van der Waals surface area contributed by atoms with Crippen molar-refractivity contribution in [1.82, 2.24) is 4.90 Å². The van der Waals surface area contributed by atoms with E-state index < -0.39 is 0 Å². The van der Waals surface area contributed by atoms with Gasteiger partial charge in [-0.15, -0.1) is 0 Å². The minimum absolute atomic E-state index is 0.367. The van der Waals surface area contributed by atoms with Crippen LogP contribution in [0.3, 0.4) is 0 Å². The first-order chi connectivity index (χ1) is 6.65. The normalized spacial score (nSPS) is 18.2. The summed E-state index contributed by atoms with van der Waals surface area (Å²) in [6.07, 6.45) is 0. The van der Waals surface area contributed by atoms with E-state index >= 15 is 0 Å². The van der Waals surface area contributed by atoms with Gasteiger partial charge in [0, 0.05) is 34.3 Å². The highest BCUT2D eigenvalue weighted by molar-refractivity contribution is 14.1. The molecule has 1 aromatic rings. The maximum absolute atomic E-state index is 5.94. The van der Waals surface area contributed by atoms with Gasteiger partial charge in [-0.3, -0.25) is 4.90 Å². The number of hydrogen-bond acceptors (Lipinski definition) is 2. The smallest absolute Gasteiger partial charge is 0.0409 e. The van der Waals surface area contributed by atoms with E-state index in [0.29, 0.717) is 6.04 Å². The van der Waals surface area contributed by atoms with Gasteiger partial charge in [-0.25, -0.2) is 0 Å². The molecule has 0 atom stereocenters. The second-order valence-electron chi connectivity index (χ2n) is 3.69. The average Bonchev–Trinajstić information content (AvgIpc) is 2.09. The average molecular weight is 323 g/mol. The summed E-state index contributed by atoms with van der Waals surface area (Å²) in [6, 6.07) is 6.38. The van der Waals surface area contributed by atoms with Crippen LogP contribution in [0.2, 0.25) is 5.02 Å². The molecule has 1 heterocycles. The molecule has 1 fully saturated rings. The van der Waals surface area contributed by atoms with E-state index in [1.165, 1.54) is 9.13 Å². The SMILES string of the molecule is NC1CN(Cc2cc(Cl)ccc2I)C1. The van der Waals surface area contributed by atoms with Gasteiger partial charge in [-0.1, -0.05) is 11.6 Å². The molecule has 0 bridgehead atoms. The highest BCUT2D eigenvalue weighted by atomic mass is 127. The van der Waals surface area contributed by atoms with E-state index in [4.69, 9.17) is 17.3 Å². The number of rotatable bonds is 2. The molecular formula is C10H12ClIN2. The molecule has 0 unspecified atom stereocenters. The lowest BCUT2D eigenvalue weighted by Crippen LogP contribution is -2.54. The Morgan fingerprint density at radius 3 is 2.86 bits per heavy atom. The number of nitrogens with two attached hydrogens (primary N) is 1. The predicted molar refractivity (Wildman–Crippen MR) is 67.4 cm³/mol. The first-order valence-corrected chi connectivity index (χ1v) is 6.02. The van der Waals surface area contributed by atoms with Gasteiger partial charge in [0.05, 0.1) is 0 Å². The zero-order valence-corrected chi connectivity index (χ0v) is 10.6. The zero-order chi connectivity index (χ0) is 10.1. The molecule has 0 aromatic heterocycles. The van der Waals surface area contributed by atoms with Gasteiger partial charge in [-0.05, 0) is 46.4 Å². The molecule has 4 heteroatoms. The maximum atomic E-state index is 5.94. The number of nitrogens with zero attached hydrogens (tertiary/aromatic N) is 1. The topological polar surface area (TPSA) is 29.3 Å². The van der Waals surface area contributed by atoms with Gasteiger partial charge >= 0.3 is 0 Å².